The second kappa shape index (κ2) is 5.77. The third-order valence-corrected chi connectivity index (χ3v) is 2.55. The number of imidazole rings is 1. The standard InChI is InChI=1S/C13H13F3N2O/c14-13(15,16)11-3-1-4-12(9-11)19-8-2-6-18-7-5-17-10-18/h1,3-5,7,9-10H,2,6,8H2. The van der Waals surface area contributed by atoms with E-state index in [1.54, 1.807) is 12.5 Å². The number of halogens is 3. The quantitative estimate of drug-likeness (QED) is 0.779. The summed E-state index contributed by atoms with van der Waals surface area (Å²) in [6, 6.07) is 4.90. The summed E-state index contributed by atoms with van der Waals surface area (Å²) < 4.78 is 44.6. The van der Waals surface area contributed by atoms with Crippen LogP contribution in [0.3, 0.4) is 0 Å². The summed E-state index contributed by atoms with van der Waals surface area (Å²) in [6.45, 7) is 1.08. The minimum Gasteiger partial charge on any atom is -0.494 e. The zero-order valence-electron chi connectivity index (χ0n) is 10.1. The van der Waals surface area contributed by atoms with Crippen LogP contribution >= 0.6 is 0 Å². The average Bonchev–Trinajstić information content (AvgIpc) is 2.87. The second-order valence-electron chi connectivity index (χ2n) is 4.03. The molecule has 0 amide bonds. The van der Waals surface area contributed by atoms with Crippen LogP contribution in [0, 0.1) is 0 Å². The van der Waals surface area contributed by atoms with Crippen molar-refractivity contribution in [1.29, 1.82) is 0 Å². The van der Waals surface area contributed by atoms with Gasteiger partial charge in [-0.05, 0) is 24.6 Å². The molecule has 0 aliphatic rings. The Hall–Kier alpha value is -1.98. The Morgan fingerprint density at radius 1 is 1.26 bits per heavy atom. The van der Waals surface area contributed by atoms with E-state index in [0.717, 1.165) is 18.7 Å². The van der Waals surface area contributed by atoms with Crippen molar-refractivity contribution in [1.82, 2.24) is 9.55 Å². The normalized spacial score (nSPS) is 11.5. The molecule has 1 aromatic carbocycles. The SMILES string of the molecule is FC(F)(F)c1cccc(OCCCn2ccnc2)c1. The highest BCUT2D eigenvalue weighted by molar-refractivity contribution is 5.30. The number of aryl methyl sites for hydroxylation is 1. The van der Waals surface area contributed by atoms with Gasteiger partial charge in [-0.3, -0.25) is 0 Å². The first-order chi connectivity index (χ1) is 9.05. The zero-order chi connectivity index (χ0) is 13.7. The molecule has 0 aliphatic heterocycles. The summed E-state index contributed by atoms with van der Waals surface area (Å²) in [4.78, 5) is 3.89. The first-order valence-corrected chi connectivity index (χ1v) is 5.81. The van der Waals surface area contributed by atoms with Gasteiger partial charge >= 0.3 is 6.18 Å². The summed E-state index contributed by atoms with van der Waals surface area (Å²) in [5, 5.41) is 0. The Morgan fingerprint density at radius 3 is 2.79 bits per heavy atom. The molecule has 1 aromatic heterocycles. The minimum absolute atomic E-state index is 0.237. The Kier molecular flexibility index (Phi) is 4.09. The van der Waals surface area contributed by atoms with Gasteiger partial charge in [-0.2, -0.15) is 13.2 Å². The number of aromatic nitrogens is 2. The third kappa shape index (κ3) is 4.01. The van der Waals surface area contributed by atoms with E-state index in [1.165, 1.54) is 12.1 Å². The van der Waals surface area contributed by atoms with Crippen molar-refractivity contribution in [2.75, 3.05) is 6.61 Å². The number of benzene rings is 1. The molecule has 6 heteroatoms. The Morgan fingerprint density at radius 2 is 2.11 bits per heavy atom. The van der Waals surface area contributed by atoms with Gasteiger partial charge in [-0.15, -0.1) is 0 Å². The van der Waals surface area contributed by atoms with Crippen LogP contribution < -0.4 is 4.74 Å². The fourth-order valence-corrected chi connectivity index (χ4v) is 1.62. The fraction of sp³-hybridized carbons (Fsp3) is 0.308. The number of ether oxygens (including phenoxy) is 1. The second-order valence-corrected chi connectivity index (χ2v) is 4.03. The maximum absolute atomic E-state index is 12.5. The fourth-order valence-electron chi connectivity index (χ4n) is 1.62. The van der Waals surface area contributed by atoms with Gasteiger partial charge in [0.25, 0.3) is 0 Å². The lowest BCUT2D eigenvalue weighted by Gasteiger charge is -2.10. The van der Waals surface area contributed by atoms with Crippen LogP contribution in [0.25, 0.3) is 0 Å². The molecule has 0 N–H and O–H groups in total. The largest absolute Gasteiger partial charge is 0.494 e. The minimum atomic E-state index is -4.34. The number of rotatable bonds is 5. The van der Waals surface area contributed by atoms with E-state index in [0.29, 0.717) is 13.0 Å². The van der Waals surface area contributed by atoms with Crippen molar-refractivity contribution in [2.24, 2.45) is 0 Å². The van der Waals surface area contributed by atoms with Crippen molar-refractivity contribution in [3.63, 3.8) is 0 Å². The summed E-state index contributed by atoms with van der Waals surface area (Å²) in [5.41, 5.74) is -0.695. The van der Waals surface area contributed by atoms with Crippen LogP contribution in [0.2, 0.25) is 0 Å². The van der Waals surface area contributed by atoms with Gasteiger partial charge in [0.1, 0.15) is 5.75 Å². The van der Waals surface area contributed by atoms with Crippen LogP contribution in [-0.4, -0.2) is 16.2 Å². The monoisotopic (exact) mass is 270 g/mol. The number of hydrogen-bond acceptors (Lipinski definition) is 2. The first-order valence-electron chi connectivity index (χ1n) is 5.81. The lowest BCUT2D eigenvalue weighted by molar-refractivity contribution is -0.137. The van der Waals surface area contributed by atoms with Crippen LogP contribution in [0.15, 0.2) is 43.0 Å². The topological polar surface area (TPSA) is 27.1 Å². The Bertz CT molecular complexity index is 509. The molecule has 0 atom stereocenters. The Labute approximate surface area is 108 Å². The van der Waals surface area contributed by atoms with Crippen molar-refractivity contribution >= 4 is 0 Å². The van der Waals surface area contributed by atoms with Crippen molar-refractivity contribution < 1.29 is 17.9 Å². The summed E-state index contributed by atoms with van der Waals surface area (Å²) >= 11 is 0. The number of nitrogens with zero attached hydrogens (tertiary/aromatic N) is 2. The molecule has 0 saturated heterocycles. The van der Waals surface area contributed by atoms with E-state index in [1.807, 2.05) is 10.8 Å². The Balaban J connectivity index is 1.83. The van der Waals surface area contributed by atoms with Gasteiger partial charge in [-0.25, -0.2) is 4.98 Å². The molecule has 2 rings (SSSR count). The molecule has 0 fully saturated rings. The molecule has 0 spiro atoms. The third-order valence-electron chi connectivity index (χ3n) is 2.55. The van der Waals surface area contributed by atoms with E-state index < -0.39 is 11.7 Å². The van der Waals surface area contributed by atoms with Crippen LogP contribution in [0.5, 0.6) is 5.75 Å². The molecule has 0 radical (unpaired) electrons. The van der Waals surface area contributed by atoms with E-state index in [2.05, 4.69) is 4.98 Å². The van der Waals surface area contributed by atoms with E-state index in [-0.39, 0.29) is 5.75 Å². The van der Waals surface area contributed by atoms with Gasteiger partial charge < -0.3 is 9.30 Å². The van der Waals surface area contributed by atoms with Crippen molar-refractivity contribution in [2.45, 2.75) is 19.1 Å². The van der Waals surface area contributed by atoms with Crippen LogP contribution in [0.4, 0.5) is 13.2 Å². The van der Waals surface area contributed by atoms with Gasteiger partial charge in [0.2, 0.25) is 0 Å². The lowest BCUT2D eigenvalue weighted by atomic mass is 10.2. The predicted molar refractivity (Wildman–Crippen MR) is 63.8 cm³/mol. The molecule has 0 saturated carbocycles. The van der Waals surface area contributed by atoms with Gasteiger partial charge in [0.05, 0.1) is 18.5 Å². The highest BCUT2D eigenvalue weighted by atomic mass is 19.4. The first kappa shape index (κ1) is 13.5. The molecule has 2 aromatic rings. The molecule has 0 bridgehead atoms. The molecule has 1 heterocycles. The molecule has 3 nitrogen and oxygen atoms in total. The number of alkyl halides is 3. The maximum Gasteiger partial charge on any atom is 0.416 e. The van der Waals surface area contributed by atoms with E-state index in [4.69, 9.17) is 4.74 Å². The van der Waals surface area contributed by atoms with E-state index >= 15 is 0 Å². The highest BCUT2D eigenvalue weighted by Gasteiger charge is 2.30. The van der Waals surface area contributed by atoms with Gasteiger partial charge in [0, 0.05) is 18.9 Å². The molecule has 102 valence electrons. The molecular formula is C13H13F3N2O. The molecular weight excluding hydrogens is 257 g/mol. The molecule has 0 aliphatic carbocycles. The van der Waals surface area contributed by atoms with Crippen LogP contribution in [-0.2, 0) is 12.7 Å². The summed E-state index contributed by atoms with van der Waals surface area (Å²) in [5.74, 6) is 0.237. The highest BCUT2D eigenvalue weighted by Crippen LogP contribution is 2.31. The van der Waals surface area contributed by atoms with Crippen LogP contribution in [0.1, 0.15) is 12.0 Å². The summed E-state index contributed by atoms with van der Waals surface area (Å²) in [6.07, 6.45) is 1.55. The number of hydrogen-bond donors (Lipinski definition) is 0. The lowest BCUT2D eigenvalue weighted by Crippen LogP contribution is -2.06. The molecule has 0 unspecified atom stereocenters. The van der Waals surface area contributed by atoms with Gasteiger partial charge in [-0.1, -0.05) is 6.07 Å². The predicted octanol–water partition coefficient (Wildman–Crippen LogP) is 3.37. The van der Waals surface area contributed by atoms with Crippen molar-refractivity contribution in [3.05, 3.63) is 48.5 Å². The molecule has 19 heavy (non-hydrogen) atoms. The average molecular weight is 270 g/mol. The van der Waals surface area contributed by atoms with Crippen molar-refractivity contribution in [3.8, 4) is 5.75 Å². The van der Waals surface area contributed by atoms with E-state index in [9.17, 15) is 13.2 Å². The summed E-state index contributed by atoms with van der Waals surface area (Å²) in [7, 11) is 0. The van der Waals surface area contributed by atoms with Gasteiger partial charge in [0.15, 0.2) is 0 Å². The maximum atomic E-state index is 12.5. The zero-order valence-corrected chi connectivity index (χ0v) is 10.1. The smallest absolute Gasteiger partial charge is 0.416 e.